The van der Waals surface area contributed by atoms with Crippen molar-refractivity contribution in [2.45, 2.75) is 13.8 Å². The number of aryl methyl sites for hydroxylation is 1. The summed E-state index contributed by atoms with van der Waals surface area (Å²) in [6.07, 6.45) is 3.01. The third kappa shape index (κ3) is 2.35. The molecule has 0 spiro atoms. The average molecular weight is 282 g/mol. The van der Waals surface area contributed by atoms with E-state index < -0.39 is 0 Å². The summed E-state index contributed by atoms with van der Waals surface area (Å²) in [4.78, 5) is 25.0. The summed E-state index contributed by atoms with van der Waals surface area (Å²) in [6.45, 7) is 4.30. The molecule has 21 heavy (non-hydrogen) atoms. The molecule has 0 aliphatic heterocycles. The SMILES string of the molecule is CCOc1ccc(-n2c(C)nc3nccnc3c2=O)cc1. The van der Waals surface area contributed by atoms with Gasteiger partial charge in [-0.3, -0.25) is 9.36 Å². The molecule has 0 N–H and O–H groups in total. The van der Waals surface area contributed by atoms with Crippen molar-refractivity contribution in [1.29, 1.82) is 0 Å². The predicted octanol–water partition coefficient (Wildman–Crippen LogP) is 1.88. The van der Waals surface area contributed by atoms with Crippen LogP contribution in [0, 0.1) is 6.92 Å². The largest absolute Gasteiger partial charge is 0.494 e. The van der Waals surface area contributed by atoms with Gasteiger partial charge in [-0.1, -0.05) is 0 Å². The van der Waals surface area contributed by atoms with E-state index in [1.54, 1.807) is 6.92 Å². The van der Waals surface area contributed by atoms with Gasteiger partial charge in [-0.15, -0.1) is 0 Å². The molecule has 0 atom stereocenters. The van der Waals surface area contributed by atoms with Crippen molar-refractivity contribution in [2.75, 3.05) is 6.61 Å². The van der Waals surface area contributed by atoms with Crippen LogP contribution in [0.2, 0.25) is 0 Å². The molecule has 0 fully saturated rings. The Kier molecular flexibility index (Phi) is 3.35. The highest BCUT2D eigenvalue weighted by Crippen LogP contribution is 2.15. The second-order valence-electron chi connectivity index (χ2n) is 4.46. The number of rotatable bonds is 3. The van der Waals surface area contributed by atoms with Gasteiger partial charge in [0.25, 0.3) is 5.56 Å². The fourth-order valence-electron chi connectivity index (χ4n) is 2.18. The summed E-state index contributed by atoms with van der Waals surface area (Å²) in [5.41, 5.74) is 1.12. The first-order chi connectivity index (χ1) is 10.2. The van der Waals surface area contributed by atoms with Gasteiger partial charge in [0, 0.05) is 12.4 Å². The van der Waals surface area contributed by atoms with Crippen LogP contribution in [0.4, 0.5) is 0 Å². The molecule has 3 aromatic rings. The van der Waals surface area contributed by atoms with Crippen LogP contribution in [-0.4, -0.2) is 26.1 Å². The molecule has 0 aliphatic carbocycles. The minimum Gasteiger partial charge on any atom is -0.494 e. The molecule has 3 rings (SSSR count). The zero-order chi connectivity index (χ0) is 14.8. The minimum atomic E-state index is -0.227. The lowest BCUT2D eigenvalue weighted by Gasteiger charge is -2.10. The van der Waals surface area contributed by atoms with Gasteiger partial charge >= 0.3 is 0 Å². The lowest BCUT2D eigenvalue weighted by atomic mass is 10.3. The quantitative estimate of drug-likeness (QED) is 0.733. The van der Waals surface area contributed by atoms with Crippen LogP contribution in [0.15, 0.2) is 41.5 Å². The smallest absolute Gasteiger partial charge is 0.286 e. The Balaban J connectivity index is 2.18. The maximum Gasteiger partial charge on any atom is 0.286 e. The van der Waals surface area contributed by atoms with Crippen LogP contribution < -0.4 is 10.3 Å². The summed E-state index contributed by atoms with van der Waals surface area (Å²) >= 11 is 0. The molecule has 2 aromatic heterocycles. The van der Waals surface area contributed by atoms with Crippen molar-refractivity contribution in [3.8, 4) is 11.4 Å². The summed E-state index contributed by atoms with van der Waals surface area (Å²) in [5, 5.41) is 0. The monoisotopic (exact) mass is 282 g/mol. The van der Waals surface area contributed by atoms with Crippen molar-refractivity contribution in [2.24, 2.45) is 0 Å². The molecule has 6 nitrogen and oxygen atoms in total. The highest BCUT2D eigenvalue weighted by atomic mass is 16.5. The zero-order valence-corrected chi connectivity index (χ0v) is 11.8. The van der Waals surface area contributed by atoms with E-state index in [9.17, 15) is 4.79 Å². The lowest BCUT2D eigenvalue weighted by molar-refractivity contribution is 0.340. The van der Waals surface area contributed by atoms with Gasteiger partial charge in [-0.25, -0.2) is 15.0 Å². The number of aromatic nitrogens is 4. The Labute approximate surface area is 121 Å². The fourth-order valence-corrected chi connectivity index (χ4v) is 2.18. The van der Waals surface area contributed by atoms with E-state index in [0.29, 0.717) is 18.1 Å². The molecular formula is C15H14N4O2. The Morgan fingerprint density at radius 3 is 2.57 bits per heavy atom. The van der Waals surface area contributed by atoms with Crippen LogP contribution >= 0.6 is 0 Å². The maximum absolute atomic E-state index is 12.5. The van der Waals surface area contributed by atoms with Crippen LogP contribution in [-0.2, 0) is 0 Å². The van der Waals surface area contributed by atoms with Crippen molar-refractivity contribution in [1.82, 2.24) is 19.5 Å². The highest BCUT2D eigenvalue weighted by molar-refractivity contribution is 5.68. The van der Waals surface area contributed by atoms with Gasteiger partial charge in [0.05, 0.1) is 12.3 Å². The number of nitrogens with zero attached hydrogens (tertiary/aromatic N) is 4. The summed E-state index contributed by atoms with van der Waals surface area (Å²) in [6, 6.07) is 7.30. The third-order valence-electron chi connectivity index (χ3n) is 3.08. The van der Waals surface area contributed by atoms with Crippen LogP contribution in [0.5, 0.6) is 5.75 Å². The van der Waals surface area contributed by atoms with E-state index in [0.717, 1.165) is 11.4 Å². The lowest BCUT2D eigenvalue weighted by Crippen LogP contribution is -2.23. The van der Waals surface area contributed by atoms with Crippen LogP contribution in [0.25, 0.3) is 16.9 Å². The maximum atomic E-state index is 12.5. The van der Waals surface area contributed by atoms with Gasteiger partial charge in [0.2, 0.25) is 0 Å². The zero-order valence-electron chi connectivity index (χ0n) is 11.8. The first-order valence-corrected chi connectivity index (χ1v) is 6.64. The van der Waals surface area contributed by atoms with Gasteiger partial charge < -0.3 is 4.74 Å². The van der Waals surface area contributed by atoms with Crippen molar-refractivity contribution >= 4 is 11.2 Å². The number of ether oxygens (including phenoxy) is 1. The fraction of sp³-hybridized carbons (Fsp3) is 0.200. The molecular weight excluding hydrogens is 268 g/mol. The second-order valence-corrected chi connectivity index (χ2v) is 4.46. The molecule has 0 amide bonds. The van der Waals surface area contributed by atoms with Crippen molar-refractivity contribution < 1.29 is 4.74 Å². The average Bonchev–Trinajstić information content (AvgIpc) is 2.49. The molecule has 6 heteroatoms. The normalized spacial score (nSPS) is 10.8. The van der Waals surface area contributed by atoms with E-state index >= 15 is 0 Å². The van der Waals surface area contributed by atoms with Crippen LogP contribution in [0.1, 0.15) is 12.7 Å². The van der Waals surface area contributed by atoms with E-state index in [-0.39, 0.29) is 11.1 Å². The van der Waals surface area contributed by atoms with E-state index in [1.807, 2.05) is 31.2 Å². The van der Waals surface area contributed by atoms with Gasteiger partial charge in [0.15, 0.2) is 11.2 Å². The Morgan fingerprint density at radius 2 is 1.86 bits per heavy atom. The topological polar surface area (TPSA) is 69.9 Å². The molecule has 0 unspecified atom stereocenters. The van der Waals surface area contributed by atoms with Gasteiger partial charge in [-0.05, 0) is 38.1 Å². The van der Waals surface area contributed by atoms with Crippen molar-refractivity contribution in [3.05, 3.63) is 52.8 Å². The van der Waals surface area contributed by atoms with E-state index in [1.165, 1.54) is 17.0 Å². The molecule has 2 heterocycles. The summed E-state index contributed by atoms with van der Waals surface area (Å²) in [7, 11) is 0. The Hall–Kier alpha value is -2.76. The molecule has 0 saturated heterocycles. The first kappa shape index (κ1) is 13.2. The standard InChI is InChI=1S/C15H14N4O2/c1-3-21-12-6-4-11(5-7-12)19-10(2)18-14-13(15(19)20)16-8-9-17-14/h4-9H,3H2,1-2H3. The molecule has 0 aliphatic rings. The first-order valence-electron chi connectivity index (χ1n) is 6.64. The van der Waals surface area contributed by atoms with Crippen LogP contribution in [0.3, 0.4) is 0 Å². The molecule has 0 radical (unpaired) electrons. The van der Waals surface area contributed by atoms with E-state index in [2.05, 4.69) is 15.0 Å². The summed E-state index contributed by atoms with van der Waals surface area (Å²) in [5.74, 6) is 1.33. The van der Waals surface area contributed by atoms with Gasteiger partial charge in [0.1, 0.15) is 11.6 Å². The Bertz CT molecular complexity index is 840. The molecule has 0 saturated carbocycles. The molecule has 1 aromatic carbocycles. The number of hydrogen-bond acceptors (Lipinski definition) is 5. The molecule has 106 valence electrons. The number of fused-ring (bicyclic) bond motifs is 1. The van der Waals surface area contributed by atoms with E-state index in [4.69, 9.17) is 4.74 Å². The highest BCUT2D eigenvalue weighted by Gasteiger charge is 2.11. The Morgan fingerprint density at radius 1 is 1.14 bits per heavy atom. The van der Waals surface area contributed by atoms with Gasteiger partial charge in [-0.2, -0.15) is 0 Å². The number of hydrogen-bond donors (Lipinski definition) is 0. The number of benzene rings is 1. The second kappa shape index (κ2) is 5.32. The van der Waals surface area contributed by atoms with Crippen molar-refractivity contribution in [3.63, 3.8) is 0 Å². The molecule has 0 bridgehead atoms. The third-order valence-corrected chi connectivity index (χ3v) is 3.08. The predicted molar refractivity (Wildman–Crippen MR) is 78.8 cm³/mol. The summed E-state index contributed by atoms with van der Waals surface area (Å²) < 4.78 is 6.92. The minimum absolute atomic E-state index is 0.227.